The molecule has 0 saturated carbocycles. The first kappa shape index (κ1) is 15.0. The molecule has 0 unspecified atom stereocenters. The number of carbonyl (C=O) groups excluding carboxylic acids is 1. The summed E-state index contributed by atoms with van der Waals surface area (Å²) in [7, 11) is 0. The smallest absolute Gasteiger partial charge is 0.270 e. The number of para-hydroxylation sites is 1. The van der Waals surface area contributed by atoms with Crippen LogP contribution in [0, 0.1) is 6.92 Å². The van der Waals surface area contributed by atoms with Gasteiger partial charge in [0.25, 0.3) is 5.91 Å². The molecule has 0 fully saturated rings. The number of fused-ring (bicyclic) bond motifs is 2. The molecular weight excluding hydrogens is 322 g/mol. The van der Waals surface area contributed by atoms with Crippen molar-refractivity contribution in [1.82, 2.24) is 4.98 Å². The summed E-state index contributed by atoms with van der Waals surface area (Å²) < 4.78 is 0. The average molecular weight is 339 g/mol. The van der Waals surface area contributed by atoms with Crippen LogP contribution < -0.4 is 16.2 Å². The normalized spacial score (nSPS) is 16.6. The minimum Gasteiger partial charge on any atom is -0.397 e. The topological polar surface area (TPSA) is 79.2 Å². The van der Waals surface area contributed by atoms with Gasteiger partial charge in [0.15, 0.2) is 0 Å². The van der Waals surface area contributed by atoms with Crippen LogP contribution in [-0.4, -0.2) is 16.9 Å². The number of aromatic amines is 1. The molecule has 0 saturated heterocycles. The van der Waals surface area contributed by atoms with Crippen LogP contribution >= 0.6 is 11.3 Å². The lowest BCUT2D eigenvalue weighted by atomic mass is 10.1. The van der Waals surface area contributed by atoms with E-state index in [9.17, 15) is 9.59 Å². The van der Waals surface area contributed by atoms with Crippen LogP contribution in [0.5, 0.6) is 0 Å². The molecule has 1 amide bonds. The van der Waals surface area contributed by atoms with Gasteiger partial charge in [-0.1, -0.05) is 18.2 Å². The zero-order valence-electron chi connectivity index (χ0n) is 13.4. The molecule has 0 radical (unpaired) electrons. The van der Waals surface area contributed by atoms with Crippen molar-refractivity contribution < 1.29 is 4.79 Å². The fourth-order valence-electron chi connectivity index (χ4n) is 3.48. The van der Waals surface area contributed by atoms with E-state index < -0.39 is 0 Å². The molecule has 3 aromatic rings. The predicted octanol–water partition coefficient (Wildman–Crippen LogP) is 3.07. The molecule has 24 heavy (non-hydrogen) atoms. The van der Waals surface area contributed by atoms with E-state index in [1.54, 1.807) is 0 Å². The van der Waals surface area contributed by atoms with Crippen LogP contribution in [0.15, 0.2) is 35.1 Å². The molecule has 4 rings (SSSR count). The van der Waals surface area contributed by atoms with E-state index >= 15 is 0 Å². The highest BCUT2D eigenvalue weighted by Gasteiger charge is 2.33. The van der Waals surface area contributed by atoms with Crippen molar-refractivity contribution in [2.24, 2.45) is 0 Å². The minimum absolute atomic E-state index is 0.0830. The standard InChI is InChI=1S/C18H17N3O2S/c1-9-7-13(22)20-17-14(9)15(19)16(24-17)18(23)21-10(2)8-11-5-3-4-6-12(11)21/h3-7,10H,8,19H2,1-2H3,(H,20,22)/t10-/m1/s1. The second-order valence-electron chi connectivity index (χ2n) is 6.22. The van der Waals surface area contributed by atoms with Crippen molar-refractivity contribution in [3.63, 3.8) is 0 Å². The number of amides is 1. The monoisotopic (exact) mass is 339 g/mol. The zero-order chi connectivity index (χ0) is 17.0. The number of hydrogen-bond donors (Lipinski definition) is 2. The maximum atomic E-state index is 13.2. The van der Waals surface area contributed by atoms with Crippen molar-refractivity contribution in [2.75, 3.05) is 10.6 Å². The average Bonchev–Trinajstić information content (AvgIpc) is 3.03. The first-order chi connectivity index (χ1) is 11.5. The van der Waals surface area contributed by atoms with E-state index in [0.717, 1.165) is 23.1 Å². The number of nitrogens with two attached hydrogens (primary N) is 1. The second-order valence-corrected chi connectivity index (χ2v) is 7.24. The molecule has 2 aromatic heterocycles. The fraction of sp³-hybridized carbons (Fsp3) is 0.222. The van der Waals surface area contributed by atoms with Gasteiger partial charge in [-0.05, 0) is 37.5 Å². The number of anilines is 2. The van der Waals surface area contributed by atoms with Crippen LogP contribution in [0.1, 0.15) is 27.7 Å². The summed E-state index contributed by atoms with van der Waals surface area (Å²) in [6.45, 7) is 3.87. The van der Waals surface area contributed by atoms with Crippen molar-refractivity contribution in [2.45, 2.75) is 26.3 Å². The number of H-pyrrole nitrogens is 1. The number of pyridine rings is 1. The molecule has 0 aliphatic carbocycles. The van der Waals surface area contributed by atoms with Gasteiger partial charge in [0, 0.05) is 23.2 Å². The lowest BCUT2D eigenvalue weighted by Gasteiger charge is -2.22. The highest BCUT2D eigenvalue weighted by Crippen LogP contribution is 2.38. The first-order valence-electron chi connectivity index (χ1n) is 7.80. The summed E-state index contributed by atoms with van der Waals surface area (Å²) in [5.41, 5.74) is 9.43. The Kier molecular flexibility index (Phi) is 3.25. The quantitative estimate of drug-likeness (QED) is 0.715. The van der Waals surface area contributed by atoms with Gasteiger partial charge in [0.2, 0.25) is 5.56 Å². The van der Waals surface area contributed by atoms with Gasteiger partial charge >= 0.3 is 0 Å². The highest BCUT2D eigenvalue weighted by atomic mass is 32.1. The highest BCUT2D eigenvalue weighted by molar-refractivity contribution is 7.21. The van der Waals surface area contributed by atoms with Gasteiger partial charge in [0.1, 0.15) is 9.71 Å². The van der Waals surface area contributed by atoms with Gasteiger partial charge in [0.05, 0.1) is 5.69 Å². The molecule has 1 aliphatic rings. The molecule has 6 heteroatoms. The molecule has 1 aliphatic heterocycles. The Balaban J connectivity index is 1.87. The number of hydrogen-bond acceptors (Lipinski definition) is 4. The maximum absolute atomic E-state index is 13.2. The molecule has 122 valence electrons. The number of rotatable bonds is 1. The van der Waals surface area contributed by atoms with Crippen molar-refractivity contribution >= 4 is 38.8 Å². The number of nitrogens with one attached hydrogen (secondary N) is 1. The Morgan fingerprint density at radius 3 is 2.92 bits per heavy atom. The second kappa shape index (κ2) is 5.21. The number of nitrogen functional groups attached to an aromatic ring is 1. The summed E-state index contributed by atoms with van der Waals surface area (Å²) >= 11 is 1.25. The van der Waals surface area contributed by atoms with Gasteiger partial charge in [-0.25, -0.2) is 0 Å². The summed E-state index contributed by atoms with van der Waals surface area (Å²) in [5, 5.41) is 0.767. The number of carbonyl (C=O) groups is 1. The number of thiophene rings is 1. The van der Waals surface area contributed by atoms with Crippen molar-refractivity contribution in [3.05, 3.63) is 56.7 Å². The Bertz CT molecular complexity index is 1030. The van der Waals surface area contributed by atoms with E-state index in [4.69, 9.17) is 5.73 Å². The van der Waals surface area contributed by atoms with Crippen LogP contribution in [-0.2, 0) is 6.42 Å². The van der Waals surface area contributed by atoms with Crippen LogP contribution in [0.3, 0.4) is 0 Å². The predicted molar refractivity (Wildman–Crippen MR) is 98.0 cm³/mol. The van der Waals surface area contributed by atoms with E-state index in [0.29, 0.717) is 15.4 Å². The Hall–Kier alpha value is -2.60. The molecular formula is C18H17N3O2S. The zero-order valence-corrected chi connectivity index (χ0v) is 14.2. The maximum Gasteiger partial charge on any atom is 0.270 e. The molecule has 0 spiro atoms. The first-order valence-corrected chi connectivity index (χ1v) is 8.62. The third-order valence-electron chi connectivity index (χ3n) is 4.54. The van der Waals surface area contributed by atoms with Crippen molar-refractivity contribution in [1.29, 1.82) is 0 Å². The van der Waals surface area contributed by atoms with Crippen LogP contribution in [0.25, 0.3) is 10.2 Å². The van der Waals surface area contributed by atoms with Gasteiger partial charge in [-0.2, -0.15) is 0 Å². The molecule has 0 bridgehead atoms. The lowest BCUT2D eigenvalue weighted by Crippen LogP contribution is -2.35. The van der Waals surface area contributed by atoms with E-state index in [1.807, 2.05) is 36.9 Å². The number of nitrogens with zero attached hydrogens (tertiary/aromatic N) is 1. The molecule has 1 atom stereocenters. The van der Waals surface area contributed by atoms with E-state index in [-0.39, 0.29) is 17.5 Å². The summed E-state index contributed by atoms with van der Waals surface area (Å²) in [4.78, 5) is 30.6. The molecule has 5 nitrogen and oxygen atoms in total. The summed E-state index contributed by atoms with van der Waals surface area (Å²) in [6, 6.07) is 9.53. The third-order valence-corrected chi connectivity index (χ3v) is 5.65. The largest absolute Gasteiger partial charge is 0.397 e. The summed E-state index contributed by atoms with van der Waals surface area (Å²) in [6.07, 6.45) is 0.836. The Labute approximate surface area is 142 Å². The lowest BCUT2D eigenvalue weighted by molar-refractivity contribution is 0.0986. The van der Waals surface area contributed by atoms with Gasteiger partial charge < -0.3 is 15.6 Å². The minimum atomic E-state index is -0.180. The summed E-state index contributed by atoms with van der Waals surface area (Å²) in [5.74, 6) is -0.105. The van der Waals surface area contributed by atoms with E-state index in [1.165, 1.54) is 23.0 Å². The van der Waals surface area contributed by atoms with Gasteiger partial charge in [-0.15, -0.1) is 11.3 Å². The van der Waals surface area contributed by atoms with Gasteiger partial charge in [-0.3, -0.25) is 9.59 Å². The van der Waals surface area contributed by atoms with Crippen LogP contribution in [0.4, 0.5) is 11.4 Å². The molecule has 3 heterocycles. The molecule has 1 aromatic carbocycles. The van der Waals surface area contributed by atoms with Crippen LogP contribution in [0.2, 0.25) is 0 Å². The fourth-order valence-corrected chi connectivity index (χ4v) is 4.61. The Morgan fingerprint density at radius 1 is 1.38 bits per heavy atom. The van der Waals surface area contributed by atoms with Crippen molar-refractivity contribution in [3.8, 4) is 0 Å². The number of aryl methyl sites for hydroxylation is 1. The molecule has 3 N–H and O–H groups in total. The Morgan fingerprint density at radius 2 is 2.12 bits per heavy atom. The number of benzene rings is 1. The third kappa shape index (κ3) is 2.06. The SMILES string of the molecule is Cc1cc(=O)[nH]c2sc(C(=O)N3c4ccccc4C[C@H]3C)c(N)c12. The van der Waals surface area contributed by atoms with E-state index in [2.05, 4.69) is 11.1 Å². The number of aromatic nitrogens is 1.